The van der Waals surface area contributed by atoms with Crippen LogP contribution in [0, 0.1) is 5.92 Å². The summed E-state index contributed by atoms with van der Waals surface area (Å²) in [5.41, 5.74) is 0.111. The topological polar surface area (TPSA) is 50.8 Å². The van der Waals surface area contributed by atoms with Gasteiger partial charge in [-0.1, -0.05) is 32.6 Å². The minimum atomic E-state index is -0.683. The number of hydrogen-bond acceptors (Lipinski definition) is 4. The van der Waals surface area contributed by atoms with Crippen molar-refractivity contribution in [1.29, 1.82) is 0 Å². The molecule has 1 heterocycles. The van der Waals surface area contributed by atoms with Crippen LogP contribution in [0.15, 0.2) is 24.3 Å². The van der Waals surface area contributed by atoms with Crippen molar-refractivity contribution in [3.63, 3.8) is 0 Å². The number of carbonyl (C=O) groups is 1. The maximum absolute atomic E-state index is 12.9. The monoisotopic (exact) mass is 388 g/mol. The van der Waals surface area contributed by atoms with Crippen molar-refractivity contribution in [2.24, 2.45) is 5.92 Å². The van der Waals surface area contributed by atoms with Gasteiger partial charge in [-0.15, -0.1) is 0 Å². The van der Waals surface area contributed by atoms with Crippen LogP contribution in [0.3, 0.4) is 0 Å². The molecule has 3 rings (SSSR count). The van der Waals surface area contributed by atoms with Gasteiger partial charge in [-0.3, -0.25) is 9.69 Å². The quantitative estimate of drug-likeness (QED) is 0.700. The largest absolute Gasteiger partial charge is 0.492 e. The summed E-state index contributed by atoms with van der Waals surface area (Å²) in [6.07, 6.45) is 8.68. The smallest absolute Gasteiger partial charge is 0.256 e. The lowest BCUT2D eigenvalue weighted by molar-refractivity contribution is -0.139. The number of nitrogens with one attached hydrogen (secondary N) is 1. The Balaban J connectivity index is 1.47. The maximum Gasteiger partial charge on any atom is 0.256 e. The number of methoxy groups -OCH3 is 1. The SMILES string of the molecule is COC1(C(=O)Nc2ccc(OCCN3CCC[C@H](C)C3)cc2)CCCCCC1. The third-order valence-corrected chi connectivity index (χ3v) is 6.25. The highest BCUT2D eigenvalue weighted by Gasteiger charge is 2.38. The van der Waals surface area contributed by atoms with Crippen molar-refractivity contribution in [1.82, 2.24) is 4.90 Å². The highest BCUT2D eigenvalue weighted by atomic mass is 16.5. The van der Waals surface area contributed by atoms with Gasteiger partial charge in [0, 0.05) is 25.9 Å². The van der Waals surface area contributed by atoms with Crippen LogP contribution < -0.4 is 10.1 Å². The van der Waals surface area contributed by atoms with Crippen LogP contribution in [0.1, 0.15) is 58.3 Å². The molecule has 0 radical (unpaired) electrons. The lowest BCUT2D eigenvalue weighted by Gasteiger charge is -2.30. The number of rotatable bonds is 7. The Bertz CT molecular complexity index is 609. The van der Waals surface area contributed by atoms with Gasteiger partial charge in [-0.05, 0) is 62.4 Å². The number of carbonyl (C=O) groups excluding carboxylic acids is 1. The molecule has 1 atom stereocenters. The molecule has 1 aliphatic heterocycles. The van der Waals surface area contributed by atoms with Gasteiger partial charge in [0.15, 0.2) is 0 Å². The second-order valence-corrected chi connectivity index (χ2v) is 8.49. The molecular weight excluding hydrogens is 352 g/mol. The van der Waals surface area contributed by atoms with Crippen molar-refractivity contribution < 1.29 is 14.3 Å². The van der Waals surface area contributed by atoms with Crippen LogP contribution >= 0.6 is 0 Å². The predicted molar refractivity (Wildman–Crippen MR) is 113 cm³/mol. The zero-order valence-corrected chi connectivity index (χ0v) is 17.5. The Labute approximate surface area is 169 Å². The number of piperidine rings is 1. The molecule has 5 nitrogen and oxygen atoms in total. The van der Waals surface area contributed by atoms with Crippen LogP contribution in [0.5, 0.6) is 5.75 Å². The van der Waals surface area contributed by atoms with Crippen molar-refractivity contribution in [3.05, 3.63) is 24.3 Å². The van der Waals surface area contributed by atoms with E-state index in [1.54, 1.807) is 7.11 Å². The van der Waals surface area contributed by atoms with Gasteiger partial charge in [-0.2, -0.15) is 0 Å². The molecule has 0 spiro atoms. The van der Waals surface area contributed by atoms with E-state index in [1.807, 2.05) is 24.3 Å². The zero-order chi connectivity index (χ0) is 19.8. The second kappa shape index (κ2) is 10.3. The van der Waals surface area contributed by atoms with Crippen molar-refractivity contribution in [2.45, 2.75) is 63.9 Å². The number of benzene rings is 1. The Morgan fingerprint density at radius 3 is 2.50 bits per heavy atom. The van der Waals surface area contributed by atoms with E-state index in [0.717, 1.165) is 49.6 Å². The summed E-state index contributed by atoms with van der Waals surface area (Å²) in [5.74, 6) is 1.62. The molecule has 2 fully saturated rings. The molecule has 1 aromatic carbocycles. The number of ether oxygens (including phenoxy) is 2. The summed E-state index contributed by atoms with van der Waals surface area (Å²) >= 11 is 0. The number of likely N-dealkylation sites (tertiary alicyclic amines) is 1. The average molecular weight is 389 g/mol. The minimum absolute atomic E-state index is 0.0233. The molecule has 0 aromatic heterocycles. The fourth-order valence-corrected chi connectivity index (χ4v) is 4.49. The number of anilines is 1. The summed E-state index contributed by atoms with van der Waals surface area (Å²) in [6.45, 7) is 6.35. The van der Waals surface area contributed by atoms with Crippen LogP contribution in [-0.4, -0.2) is 49.8 Å². The summed E-state index contributed by atoms with van der Waals surface area (Å²) in [5, 5.41) is 3.04. The van der Waals surface area contributed by atoms with Gasteiger partial charge in [0.05, 0.1) is 0 Å². The van der Waals surface area contributed by atoms with E-state index < -0.39 is 5.60 Å². The van der Waals surface area contributed by atoms with E-state index in [2.05, 4.69) is 17.1 Å². The van der Waals surface area contributed by atoms with E-state index in [0.29, 0.717) is 6.61 Å². The Kier molecular flexibility index (Phi) is 7.74. The molecule has 156 valence electrons. The average Bonchev–Trinajstić information content (AvgIpc) is 2.96. The summed E-state index contributed by atoms with van der Waals surface area (Å²) in [7, 11) is 1.66. The van der Waals surface area contributed by atoms with E-state index in [-0.39, 0.29) is 5.91 Å². The molecule has 1 N–H and O–H groups in total. The lowest BCUT2D eigenvalue weighted by Crippen LogP contribution is -2.44. The van der Waals surface area contributed by atoms with Gasteiger partial charge in [0.2, 0.25) is 0 Å². The second-order valence-electron chi connectivity index (χ2n) is 8.49. The van der Waals surface area contributed by atoms with E-state index in [4.69, 9.17) is 9.47 Å². The zero-order valence-electron chi connectivity index (χ0n) is 17.5. The Morgan fingerprint density at radius 2 is 1.86 bits per heavy atom. The Hall–Kier alpha value is -1.59. The number of amides is 1. The van der Waals surface area contributed by atoms with Crippen LogP contribution in [-0.2, 0) is 9.53 Å². The molecular formula is C23H36N2O3. The fourth-order valence-electron chi connectivity index (χ4n) is 4.49. The van der Waals surface area contributed by atoms with Gasteiger partial charge in [0.1, 0.15) is 18.0 Å². The van der Waals surface area contributed by atoms with E-state index in [1.165, 1.54) is 38.8 Å². The van der Waals surface area contributed by atoms with Crippen molar-refractivity contribution >= 4 is 11.6 Å². The molecule has 1 saturated carbocycles. The van der Waals surface area contributed by atoms with Gasteiger partial charge >= 0.3 is 0 Å². The molecule has 1 amide bonds. The molecule has 5 heteroatoms. The highest BCUT2D eigenvalue weighted by molar-refractivity contribution is 5.97. The third-order valence-electron chi connectivity index (χ3n) is 6.25. The minimum Gasteiger partial charge on any atom is -0.492 e. The molecule has 28 heavy (non-hydrogen) atoms. The first-order chi connectivity index (χ1) is 13.6. The van der Waals surface area contributed by atoms with Crippen LogP contribution in [0.4, 0.5) is 5.69 Å². The molecule has 1 saturated heterocycles. The van der Waals surface area contributed by atoms with Crippen molar-refractivity contribution in [3.8, 4) is 5.75 Å². The molecule has 1 aliphatic carbocycles. The van der Waals surface area contributed by atoms with Gasteiger partial charge < -0.3 is 14.8 Å². The first-order valence-electron chi connectivity index (χ1n) is 10.9. The lowest BCUT2D eigenvalue weighted by atomic mass is 9.93. The van der Waals surface area contributed by atoms with Gasteiger partial charge in [0.25, 0.3) is 5.91 Å². The first-order valence-corrected chi connectivity index (χ1v) is 10.9. The number of hydrogen-bond donors (Lipinski definition) is 1. The normalized spacial score (nSPS) is 23.0. The number of nitrogens with zero attached hydrogens (tertiary/aromatic N) is 1. The van der Waals surface area contributed by atoms with Crippen molar-refractivity contribution in [2.75, 3.05) is 38.7 Å². The van der Waals surface area contributed by atoms with E-state index >= 15 is 0 Å². The highest BCUT2D eigenvalue weighted by Crippen LogP contribution is 2.31. The fraction of sp³-hybridized carbons (Fsp3) is 0.696. The van der Waals surface area contributed by atoms with Gasteiger partial charge in [-0.25, -0.2) is 0 Å². The standard InChI is InChI=1S/C23H36N2O3/c1-19-8-7-15-25(18-19)16-17-28-21-11-9-20(10-12-21)24-22(26)23(27-2)13-5-3-4-6-14-23/h9-12,19H,3-8,13-18H2,1-2H3,(H,24,26)/t19-/m0/s1. The van der Waals surface area contributed by atoms with Crippen LogP contribution in [0.2, 0.25) is 0 Å². The van der Waals surface area contributed by atoms with E-state index in [9.17, 15) is 4.79 Å². The summed E-state index contributed by atoms with van der Waals surface area (Å²) in [6, 6.07) is 7.69. The summed E-state index contributed by atoms with van der Waals surface area (Å²) in [4.78, 5) is 15.3. The molecule has 0 unspecified atom stereocenters. The predicted octanol–water partition coefficient (Wildman–Crippen LogP) is 4.48. The maximum atomic E-state index is 12.9. The Morgan fingerprint density at radius 1 is 1.14 bits per heavy atom. The molecule has 0 bridgehead atoms. The molecule has 1 aromatic rings. The summed E-state index contributed by atoms with van der Waals surface area (Å²) < 4.78 is 11.6. The van der Waals surface area contributed by atoms with Crippen LogP contribution in [0.25, 0.3) is 0 Å². The first kappa shape index (κ1) is 21.1. The third kappa shape index (κ3) is 5.71. The molecule has 2 aliphatic rings.